The molecule has 0 aliphatic rings. The summed E-state index contributed by atoms with van der Waals surface area (Å²) in [7, 11) is 0. The van der Waals surface area contributed by atoms with Gasteiger partial charge >= 0.3 is 6.18 Å². The van der Waals surface area contributed by atoms with Crippen LogP contribution in [0.1, 0.15) is 16.7 Å². The second-order valence-electron chi connectivity index (χ2n) is 5.51. The van der Waals surface area contributed by atoms with Crippen LogP contribution in [0.15, 0.2) is 48.8 Å². The highest BCUT2D eigenvalue weighted by atomic mass is 19.4. The molecule has 3 aromatic rings. The molecule has 27 heavy (non-hydrogen) atoms. The van der Waals surface area contributed by atoms with E-state index >= 15 is 0 Å². The molecule has 0 saturated carbocycles. The van der Waals surface area contributed by atoms with Gasteiger partial charge in [0.1, 0.15) is 23.5 Å². The van der Waals surface area contributed by atoms with Crippen LogP contribution in [0, 0.1) is 22.7 Å². The van der Waals surface area contributed by atoms with E-state index in [0.29, 0.717) is 5.56 Å². The van der Waals surface area contributed by atoms with Crippen molar-refractivity contribution in [1.29, 1.82) is 10.5 Å². The Hall–Kier alpha value is -3.91. The first kappa shape index (κ1) is 17.9. The number of nitrogens with zero attached hydrogens (tertiary/aromatic N) is 4. The Kier molecular flexibility index (Phi) is 4.49. The van der Waals surface area contributed by atoms with Gasteiger partial charge in [-0.2, -0.15) is 23.7 Å². The predicted molar refractivity (Wildman–Crippen MR) is 91.7 cm³/mol. The van der Waals surface area contributed by atoms with Gasteiger partial charge in [-0.15, -0.1) is 0 Å². The van der Waals surface area contributed by atoms with E-state index in [-0.39, 0.29) is 33.8 Å². The van der Waals surface area contributed by atoms with E-state index in [9.17, 15) is 23.7 Å². The number of benzene rings is 1. The van der Waals surface area contributed by atoms with Crippen molar-refractivity contribution in [1.82, 2.24) is 9.97 Å². The molecular weight excluding hydrogens is 355 g/mol. The summed E-state index contributed by atoms with van der Waals surface area (Å²) in [5, 5.41) is 19.1. The van der Waals surface area contributed by atoms with Crippen molar-refractivity contribution in [3.63, 3.8) is 0 Å². The highest BCUT2D eigenvalue weighted by Crippen LogP contribution is 2.37. The molecule has 0 amide bonds. The van der Waals surface area contributed by atoms with Crippen LogP contribution < -0.4 is 5.73 Å². The van der Waals surface area contributed by atoms with Crippen LogP contribution in [0.3, 0.4) is 0 Å². The average Bonchev–Trinajstić information content (AvgIpc) is 2.67. The van der Waals surface area contributed by atoms with E-state index < -0.39 is 11.7 Å². The highest BCUT2D eigenvalue weighted by Gasteiger charge is 2.30. The van der Waals surface area contributed by atoms with Crippen LogP contribution in [0.5, 0.6) is 0 Å². The monoisotopic (exact) mass is 365 g/mol. The second kappa shape index (κ2) is 6.77. The zero-order valence-electron chi connectivity index (χ0n) is 13.6. The lowest BCUT2D eigenvalue weighted by Gasteiger charge is -2.14. The number of hydrogen-bond donors (Lipinski definition) is 1. The van der Waals surface area contributed by atoms with Crippen molar-refractivity contribution >= 4 is 5.82 Å². The number of nitriles is 2. The molecule has 5 nitrogen and oxygen atoms in total. The summed E-state index contributed by atoms with van der Waals surface area (Å²) in [5.74, 6) is -0.120. The minimum atomic E-state index is -4.49. The fourth-order valence-corrected chi connectivity index (χ4v) is 2.65. The van der Waals surface area contributed by atoms with Gasteiger partial charge in [-0.05, 0) is 29.8 Å². The number of alkyl halides is 3. The van der Waals surface area contributed by atoms with E-state index in [0.717, 1.165) is 12.1 Å². The summed E-state index contributed by atoms with van der Waals surface area (Å²) >= 11 is 0. The number of rotatable bonds is 2. The number of nitrogens with two attached hydrogens (primary N) is 1. The number of pyridine rings is 2. The van der Waals surface area contributed by atoms with E-state index in [1.807, 2.05) is 12.1 Å². The molecule has 0 atom stereocenters. The van der Waals surface area contributed by atoms with Crippen LogP contribution in [0.4, 0.5) is 19.0 Å². The van der Waals surface area contributed by atoms with Crippen LogP contribution in [-0.4, -0.2) is 9.97 Å². The Bertz CT molecular complexity index is 1080. The third kappa shape index (κ3) is 3.29. The van der Waals surface area contributed by atoms with Gasteiger partial charge in [0.05, 0.1) is 16.8 Å². The van der Waals surface area contributed by atoms with Gasteiger partial charge in [0, 0.05) is 23.5 Å². The Morgan fingerprint density at radius 1 is 0.926 bits per heavy atom. The SMILES string of the molecule is N#Cc1c(N)nc(-c2cccnc2)c(C#N)c1-c1ccc(C(F)(F)F)cc1. The van der Waals surface area contributed by atoms with E-state index in [2.05, 4.69) is 9.97 Å². The van der Waals surface area contributed by atoms with Crippen molar-refractivity contribution in [3.8, 4) is 34.5 Å². The summed E-state index contributed by atoms with van der Waals surface area (Å²) in [6.45, 7) is 0. The molecule has 0 fully saturated rings. The molecule has 0 bridgehead atoms. The topological polar surface area (TPSA) is 99.4 Å². The van der Waals surface area contributed by atoms with Gasteiger partial charge in [0.2, 0.25) is 0 Å². The zero-order valence-corrected chi connectivity index (χ0v) is 13.6. The Morgan fingerprint density at radius 2 is 1.59 bits per heavy atom. The predicted octanol–water partition coefficient (Wildman–Crippen LogP) is 4.15. The van der Waals surface area contributed by atoms with E-state index in [1.54, 1.807) is 18.3 Å². The lowest BCUT2D eigenvalue weighted by Crippen LogP contribution is -2.06. The van der Waals surface area contributed by atoms with Crippen LogP contribution in [0.25, 0.3) is 22.4 Å². The molecule has 1 aromatic carbocycles. The maximum absolute atomic E-state index is 12.8. The molecule has 0 saturated heterocycles. The molecule has 2 N–H and O–H groups in total. The summed E-state index contributed by atoms with van der Waals surface area (Å²) in [5.41, 5.74) is 6.12. The number of hydrogen-bond acceptors (Lipinski definition) is 5. The van der Waals surface area contributed by atoms with Crippen LogP contribution in [0.2, 0.25) is 0 Å². The van der Waals surface area contributed by atoms with E-state index in [4.69, 9.17) is 5.73 Å². The van der Waals surface area contributed by atoms with E-state index in [1.165, 1.54) is 18.3 Å². The Balaban J connectivity index is 2.30. The molecule has 0 aliphatic carbocycles. The first-order chi connectivity index (χ1) is 12.9. The normalized spacial score (nSPS) is 10.9. The largest absolute Gasteiger partial charge is 0.416 e. The van der Waals surface area contributed by atoms with Gasteiger partial charge in [0.25, 0.3) is 0 Å². The molecular formula is C19H10F3N5. The maximum atomic E-state index is 12.8. The third-order valence-electron chi connectivity index (χ3n) is 3.88. The Labute approximate surface area is 152 Å². The lowest BCUT2D eigenvalue weighted by atomic mass is 9.92. The van der Waals surface area contributed by atoms with Gasteiger partial charge in [-0.25, -0.2) is 4.98 Å². The molecule has 0 spiro atoms. The van der Waals surface area contributed by atoms with Gasteiger partial charge in [0.15, 0.2) is 0 Å². The van der Waals surface area contributed by atoms with Crippen molar-refractivity contribution in [2.24, 2.45) is 0 Å². The highest BCUT2D eigenvalue weighted by molar-refractivity contribution is 5.86. The number of anilines is 1. The summed E-state index contributed by atoms with van der Waals surface area (Å²) in [6.07, 6.45) is -1.47. The van der Waals surface area contributed by atoms with Crippen molar-refractivity contribution in [3.05, 3.63) is 65.5 Å². The molecule has 8 heteroatoms. The van der Waals surface area contributed by atoms with Crippen LogP contribution in [-0.2, 0) is 6.18 Å². The van der Waals surface area contributed by atoms with Crippen molar-refractivity contribution in [2.45, 2.75) is 6.18 Å². The number of aromatic nitrogens is 2. The first-order valence-corrected chi connectivity index (χ1v) is 7.58. The average molecular weight is 365 g/mol. The molecule has 0 radical (unpaired) electrons. The summed E-state index contributed by atoms with van der Waals surface area (Å²) in [4.78, 5) is 8.11. The lowest BCUT2D eigenvalue weighted by molar-refractivity contribution is -0.137. The molecule has 0 unspecified atom stereocenters. The quantitative estimate of drug-likeness (QED) is 0.735. The fourth-order valence-electron chi connectivity index (χ4n) is 2.65. The maximum Gasteiger partial charge on any atom is 0.416 e. The van der Waals surface area contributed by atoms with Gasteiger partial charge < -0.3 is 5.73 Å². The minimum absolute atomic E-state index is 0.0357. The van der Waals surface area contributed by atoms with Crippen LogP contribution >= 0.6 is 0 Å². The summed E-state index contributed by atoms with van der Waals surface area (Å²) < 4.78 is 38.5. The molecule has 2 aromatic heterocycles. The molecule has 132 valence electrons. The standard InChI is InChI=1S/C19H10F3N5/c20-19(21,22)13-5-3-11(4-6-13)16-14(8-23)17(12-2-1-7-26-10-12)27-18(25)15(16)9-24/h1-7,10H,(H2,25,27). The zero-order chi connectivity index (χ0) is 19.6. The molecule has 0 aliphatic heterocycles. The summed E-state index contributed by atoms with van der Waals surface area (Å²) in [6, 6.07) is 11.4. The number of nitrogen functional groups attached to an aromatic ring is 1. The fraction of sp³-hybridized carbons (Fsp3) is 0.0526. The second-order valence-corrected chi connectivity index (χ2v) is 5.51. The Morgan fingerprint density at radius 3 is 2.11 bits per heavy atom. The minimum Gasteiger partial charge on any atom is -0.383 e. The number of halogens is 3. The molecule has 3 rings (SSSR count). The van der Waals surface area contributed by atoms with Crippen molar-refractivity contribution < 1.29 is 13.2 Å². The smallest absolute Gasteiger partial charge is 0.383 e. The molecule has 2 heterocycles. The van der Waals surface area contributed by atoms with Gasteiger partial charge in [-0.1, -0.05) is 12.1 Å². The van der Waals surface area contributed by atoms with Gasteiger partial charge in [-0.3, -0.25) is 4.98 Å². The first-order valence-electron chi connectivity index (χ1n) is 7.58. The third-order valence-corrected chi connectivity index (χ3v) is 3.88. The van der Waals surface area contributed by atoms with Crippen molar-refractivity contribution in [2.75, 3.05) is 5.73 Å².